The summed E-state index contributed by atoms with van der Waals surface area (Å²) in [7, 11) is 1.36. The highest BCUT2D eigenvalue weighted by atomic mass is 16.5. The smallest absolute Gasteiger partial charge is 0.341 e. The number of methoxy groups -OCH3 is 1. The predicted octanol–water partition coefficient (Wildman–Crippen LogP) is 2.11. The maximum absolute atomic E-state index is 13.1. The predicted molar refractivity (Wildman–Crippen MR) is 105 cm³/mol. The highest BCUT2D eigenvalue weighted by Crippen LogP contribution is 2.23. The lowest BCUT2D eigenvalue weighted by atomic mass is 10.0. The number of aryl methyl sites for hydroxylation is 1. The van der Waals surface area contributed by atoms with E-state index in [0.29, 0.717) is 11.3 Å². The second-order valence-electron chi connectivity index (χ2n) is 6.96. The molecule has 0 saturated carbocycles. The molecular weight excluding hydrogens is 370 g/mol. The minimum atomic E-state index is -0.606. The van der Waals surface area contributed by atoms with Crippen LogP contribution in [0.4, 0.5) is 0 Å². The van der Waals surface area contributed by atoms with Crippen LogP contribution in [0.25, 0.3) is 0 Å². The van der Waals surface area contributed by atoms with E-state index < -0.39 is 12.0 Å². The van der Waals surface area contributed by atoms with Gasteiger partial charge in [0.25, 0.3) is 0 Å². The van der Waals surface area contributed by atoms with Gasteiger partial charge in [-0.15, -0.1) is 0 Å². The van der Waals surface area contributed by atoms with Crippen molar-refractivity contribution in [3.05, 3.63) is 71.3 Å². The molecule has 1 amide bonds. The third-order valence-corrected chi connectivity index (χ3v) is 5.14. The van der Waals surface area contributed by atoms with E-state index in [0.717, 1.165) is 37.1 Å². The number of nitrogens with one attached hydrogen (secondary N) is 1. The Labute approximate surface area is 168 Å². The Morgan fingerprint density at radius 2 is 2.03 bits per heavy atom. The molecule has 3 heterocycles. The van der Waals surface area contributed by atoms with E-state index in [2.05, 4.69) is 15.5 Å². The summed E-state index contributed by atoms with van der Waals surface area (Å²) in [5.74, 6) is -0.634. The van der Waals surface area contributed by atoms with Gasteiger partial charge in [0, 0.05) is 18.9 Å². The van der Waals surface area contributed by atoms with Crippen LogP contribution in [0, 0.1) is 0 Å². The number of nitrogens with zero attached hydrogens (tertiary/aromatic N) is 4. The summed E-state index contributed by atoms with van der Waals surface area (Å²) in [6.45, 7) is 0.918. The lowest BCUT2D eigenvalue weighted by Gasteiger charge is -2.17. The molecular formula is C21H23N5O3. The monoisotopic (exact) mass is 393 g/mol. The van der Waals surface area contributed by atoms with Crippen LogP contribution in [0.15, 0.2) is 48.8 Å². The Kier molecular flexibility index (Phi) is 5.41. The maximum Gasteiger partial charge on any atom is 0.341 e. The molecule has 1 atom stereocenters. The second kappa shape index (κ2) is 8.30. The highest BCUT2D eigenvalue weighted by molar-refractivity contribution is 5.92. The quantitative estimate of drug-likeness (QED) is 0.648. The first kappa shape index (κ1) is 18.9. The third kappa shape index (κ3) is 3.78. The van der Waals surface area contributed by atoms with E-state index in [1.54, 1.807) is 23.1 Å². The molecule has 4 rings (SSSR count). The van der Waals surface area contributed by atoms with Crippen LogP contribution in [0.5, 0.6) is 0 Å². The van der Waals surface area contributed by atoms with E-state index in [4.69, 9.17) is 4.74 Å². The standard InChI is InChI=1S/C21H23N5O3/c1-29-21(28)18-16(24-25-12-6-5-10-17(18)25)14-22-20(27)19(26-13-7-11-23-26)15-8-3-2-4-9-15/h2-4,7-9,11,13,19H,5-6,10,12,14H2,1H3,(H,22,27). The molecule has 8 heteroatoms. The van der Waals surface area contributed by atoms with Crippen molar-refractivity contribution in [1.82, 2.24) is 24.9 Å². The van der Waals surface area contributed by atoms with Crippen molar-refractivity contribution >= 4 is 11.9 Å². The van der Waals surface area contributed by atoms with Gasteiger partial charge in [0.15, 0.2) is 6.04 Å². The van der Waals surface area contributed by atoms with Gasteiger partial charge in [-0.2, -0.15) is 10.2 Å². The van der Waals surface area contributed by atoms with Crippen molar-refractivity contribution in [2.45, 2.75) is 38.4 Å². The molecule has 0 fully saturated rings. The molecule has 1 aliphatic rings. The first-order chi connectivity index (χ1) is 14.2. The number of amides is 1. The summed E-state index contributed by atoms with van der Waals surface area (Å²) < 4.78 is 8.44. The Morgan fingerprint density at radius 1 is 1.21 bits per heavy atom. The molecule has 0 aliphatic carbocycles. The summed E-state index contributed by atoms with van der Waals surface area (Å²) in [5.41, 5.74) is 2.72. The lowest BCUT2D eigenvalue weighted by molar-refractivity contribution is -0.123. The SMILES string of the molecule is COC(=O)c1c(CNC(=O)C(c2ccccc2)n2cccn2)nn2c1CCCC2. The molecule has 1 unspecified atom stereocenters. The van der Waals surface area contributed by atoms with Crippen LogP contribution in [-0.4, -0.2) is 38.5 Å². The van der Waals surface area contributed by atoms with Gasteiger partial charge in [-0.1, -0.05) is 30.3 Å². The average molecular weight is 393 g/mol. The Hall–Kier alpha value is -3.42. The molecule has 150 valence electrons. The summed E-state index contributed by atoms with van der Waals surface area (Å²) in [5, 5.41) is 11.7. The van der Waals surface area contributed by atoms with Gasteiger partial charge in [-0.05, 0) is 30.9 Å². The molecule has 29 heavy (non-hydrogen) atoms. The summed E-state index contributed by atoms with van der Waals surface area (Å²) in [6.07, 6.45) is 6.22. The molecule has 1 N–H and O–H groups in total. The molecule has 0 bridgehead atoms. The van der Waals surface area contributed by atoms with Gasteiger partial charge in [-0.25, -0.2) is 4.79 Å². The van der Waals surface area contributed by atoms with Crippen LogP contribution in [0.2, 0.25) is 0 Å². The zero-order chi connectivity index (χ0) is 20.2. The number of hydrogen-bond acceptors (Lipinski definition) is 5. The van der Waals surface area contributed by atoms with Crippen LogP contribution in [0.1, 0.15) is 46.2 Å². The molecule has 0 spiro atoms. The van der Waals surface area contributed by atoms with Crippen molar-refractivity contribution in [2.24, 2.45) is 0 Å². The van der Waals surface area contributed by atoms with Gasteiger partial charge in [0.1, 0.15) is 5.56 Å². The van der Waals surface area contributed by atoms with Gasteiger partial charge in [-0.3, -0.25) is 14.2 Å². The first-order valence-corrected chi connectivity index (χ1v) is 9.67. The Balaban J connectivity index is 1.59. The number of carbonyl (C=O) groups is 2. The molecule has 1 aromatic carbocycles. The molecule has 8 nitrogen and oxygen atoms in total. The van der Waals surface area contributed by atoms with E-state index in [-0.39, 0.29) is 12.5 Å². The Bertz CT molecular complexity index is 995. The van der Waals surface area contributed by atoms with E-state index in [1.807, 2.05) is 35.0 Å². The van der Waals surface area contributed by atoms with Crippen LogP contribution < -0.4 is 5.32 Å². The molecule has 0 radical (unpaired) electrons. The van der Waals surface area contributed by atoms with Crippen molar-refractivity contribution in [3.63, 3.8) is 0 Å². The van der Waals surface area contributed by atoms with Gasteiger partial charge < -0.3 is 10.1 Å². The zero-order valence-corrected chi connectivity index (χ0v) is 16.2. The lowest BCUT2D eigenvalue weighted by Crippen LogP contribution is -2.33. The average Bonchev–Trinajstić information content (AvgIpc) is 3.40. The largest absolute Gasteiger partial charge is 0.465 e. The Morgan fingerprint density at radius 3 is 2.76 bits per heavy atom. The number of benzene rings is 1. The minimum Gasteiger partial charge on any atom is -0.465 e. The zero-order valence-electron chi connectivity index (χ0n) is 16.2. The minimum absolute atomic E-state index is 0.147. The van der Waals surface area contributed by atoms with E-state index in [9.17, 15) is 9.59 Å². The molecule has 1 aliphatic heterocycles. The van der Waals surface area contributed by atoms with Gasteiger partial charge >= 0.3 is 5.97 Å². The van der Waals surface area contributed by atoms with Crippen molar-refractivity contribution in [3.8, 4) is 0 Å². The number of ether oxygens (including phenoxy) is 1. The topological polar surface area (TPSA) is 91.0 Å². The summed E-state index contributed by atoms with van der Waals surface area (Å²) in [6, 6.07) is 10.6. The summed E-state index contributed by atoms with van der Waals surface area (Å²) >= 11 is 0. The normalized spacial score (nSPS) is 14.1. The number of esters is 1. The van der Waals surface area contributed by atoms with Crippen LogP contribution in [-0.2, 0) is 29.0 Å². The third-order valence-electron chi connectivity index (χ3n) is 5.14. The summed E-state index contributed by atoms with van der Waals surface area (Å²) in [4.78, 5) is 25.4. The molecule has 2 aromatic heterocycles. The second-order valence-corrected chi connectivity index (χ2v) is 6.96. The first-order valence-electron chi connectivity index (χ1n) is 9.67. The van der Waals surface area contributed by atoms with Gasteiger partial charge in [0.2, 0.25) is 5.91 Å². The van der Waals surface area contributed by atoms with E-state index in [1.165, 1.54) is 7.11 Å². The molecule has 3 aromatic rings. The van der Waals surface area contributed by atoms with Crippen LogP contribution in [0.3, 0.4) is 0 Å². The number of rotatable bonds is 6. The van der Waals surface area contributed by atoms with E-state index >= 15 is 0 Å². The van der Waals surface area contributed by atoms with Crippen molar-refractivity contribution in [1.29, 1.82) is 0 Å². The fourth-order valence-corrected chi connectivity index (χ4v) is 3.77. The van der Waals surface area contributed by atoms with Gasteiger partial charge in [0.05, 0.1) is 25.0 Å². The fourth-order valence-electron chi connectivity index (χ4n) is 3.77. The van der Waals surface area contributed by atoms with Crippen molar-refractivity contribution < 1.29 is 14.3 Å². The number of carbonyl (C=O) groups excluding carboxylic acids is 2. The van der Waals surface area contributed by atoms with Crippen LogP contribution >= 0.6 is 0 Å². The fraction of sp³-hybridized carbons (Fsp3) is 0.333. The number of hydrogen-bond donors (Lipinski definition) is 1. The highest BCUT2D eigenvalue weighted by Gasteiger charge is 2.28. The van der Waals surface area contributed by atoms with Crippen molar-refractivity contribution in [2.75, 3.05) is 7.11 Å². The number of fused-ring (bicyclic) bond motifs is 1. The maximum atomic E-state index is 13.1. The molecule has 0 saturated heterocycles. The number of aromatic nitrogens is 4.